The van der Waals surface area contributed by atoms with Crippen molar-refractivity contribution < 1.29 is 8.42 Å². The van der Waals surface area contributed by atoms with Crippen molar-refractivity contribution in [2.75, 3.05) is 12.8 Å². The Hall–Kier alpha value is -1.36. The molecule has 0 saturated heterocycles. The van der Waals surface area contributed by atoms with Crippen molar-refractivity contribution >= 4 is 21.4 Å². The highest BCUT2D eigenvalue weighted by molar-refractivity contribution is 7.90. The van der Waals surface area contributed by atoms with Crippen molar-refractivity contribution in [3.63, 3.8) is 0 Å². The number of nitrogens with one attached hydrogen (secondary N) is 1. The third kappa shape index (κ3) is 3.84. The SMILES string of the molecule is CCNC(c1cccc(S(C)(=O)=O)c1)c1ccccc1Cl. The summed E-state index contributed by atoms with van der Waals surface area (Å²) in [6.45, 7) is 2.75. The molecule has 0 aliphatic heterocycles. The van der Waals surface area contributed by atoms with E-state index in [0.29, 0.717) is 9.92 Å². The van der Waals surface area contributed by atoms with E-state index in [9.17, 15) is 8.42 Å². The summed E-state index contributed by atoms with van der Waals surface area (Å²) in [6.07, 6.45) is 1.21. The van der Waals surface area contributed by atoms with Crippen molar-refractivity contribution in [2.45, 2.75) is 17.9 Å². The van der Waals surface area contributed by atoms with Crippen LogP contribution in [0.5, 0.6) is 0 Å². The molecule has 2 aromatic rings. The highest BCUT2D eigenvalue weighted by Gasteiger charge is 2.17. The minimum absolute atomic E-state index is 0.134. The number of rotatable bonds is 5. The van der Waals surface area contributed by atoms with Crippen molar-refractivity contribution in [2.24, 2.45) is 0 Å². The predicted octanol–water partition coefficient (Wildman–Crippen LogP) is 3.44. The van der Waals surface area contributed by atoms with E-state index in [4.69, 9.17) is 11.6 Å². The number of benzene rings is 2. The maximum atomic E-state index is 11.7. The lowest BCUT2D eigenvalue weighted by atomic mass is 9.98. The van der Waals surface area contributed by atoms with Crippen molar-refractivity contribution in [3.05, 3.63) is 64.7 Å². The van der Waals surface area contributed by atoms with Crippen LogP contribution < -0.4 is 5.32 Å². The van der Waals surface area contributed by atoms with Crippen molar-refractivity contribution in [3.8, 4) is 0 Å². The van der Waals surface area contributed by atoms with Crippen LogP contribution in [0.2, 0.25) is 5.02 Å². The summed E-state index contributed by atoms with van der Waals surface area (Å²) in [4.78, 5) is 0.315. The van der Waals surface area contributed by atoms with Gasteiger partial charge in [-0.2, -0.15) is 0 Å². The van der Waals surface area contributed by atoms with Gasteiger partial charge in [0.05, 0.1) is 10.9 Å². The number of sulfone groups is 1. The second-order valence-corrected chi connectivity index (χ2v) is 7.28. The Morgan fingerprint density at radius 2 is 1.86 bits per heavy atom. The summed E-state index contributed by atoms with van der Waals surface area (Å²) in [6, 6.07) is 14.4. The molecule has 1 atom stereocenters. The molecule has 3 nitrogen and oxygen atoms in total. The molecular weight excluding hydrogens is 306 g/mol. The van der Waals surface area contributed by atoms with Crippen LogP contribution in [0.1, 0.15) is 24.1 Å². The molecule has 2 rings (SSSR count). The average Bonchev–Trinajstić information content (AvgIpc) is 2.45. The highest BCUT2D eigenvalue weighted by atomic mass is 35.5. The molecule has 1 unspecified atom stereocenters. The zero-order chi connectivity index (χ0) is 15.5. The van der Waals surface area contributed by atoms with E-state index < -0.39 is 9.84 Å². The molecular formula is C16H18ClNO2S. The lowest BCUT2D eigenvalue weighted by molar-refractivity contribution is 0.600. The number of hydrogen-bond acceptors (Lipinski definition) is 3. The first kappa shape index (κ1) is 16.0. The van der Waals surface area contributed by atoms with Crippen LogP contribution in [0.15, 0.2) is 53.4 Å². The standard InChI is InChI=1S/C16H18ClNO2S/c1-3-18-16(14-9-4-5-10-15(14)17)12-7-6-8-13(11-12)21(2,19)20/h4-11,16,18H,3H2,1-2H3. The van der Waals surface area contributed by atoms with E-state index in [-0.39, 0.29) is 6.04 Å². The molecule has 0 radical (unpaired) electrons. The van der Waals surface area contributed by atoms with Gasteiger partial charge in [0.25, 0.3) is 0 Å². The second kappa shape index (κ2) is 6.60. The molecule has 5 heteroatoms. The molecule has 1 N–H and O–H groups in total. The molecule has 2 aromatic carbocycles. The smallest absolute Gasteiger partial charge is 0.175 e. The van der Waals surface area contributed by atoms with Gasteiger partial charge >= 0.3 is 0 Å². The number of hydrogen-bond donors (Lipinski definition) is 1. The Morgan fingerprint density at radius 3 is 2.48 bits per heavy atom. The van der Waals surface area contributed by atoms with Gasteiger partial charge in [-0.15, -0.1) is 0 Å². The van der Waals surface area contributed by atoms with Crippen LogP contribution in [0, 0.1) is 0 Å². The van der Waals surface area contributed by atoms with Gasteiger partial charge in [-0.25, -0.2) is 8.42 Å². The Labute approximate surface area is 130 Å². The molecule has 0 heterocycles. The molecule has 0 spiro atoms. The van der Waals surface area contributed by atoms with E-state index in [1.54, 1.807) is 18.2 Å². The van der Waals surface area contributed by atoms with Crippen LogP contribution in [0.4, 0.5) is 0 Å². The van der Waals surface area contributed by atoms with E-state index in [0.717, 1.165) is 17.7 Å². The van der Waals surface area contributed by atoms with E-state index in [1.807, 2.05) is 37.3 Å². The molecule has 0 aliphatic rings. The summed E-state index contributed by atoms with van der Waals surface area (Å²) >= 11 is 6.28. The summed E-state index contributed by atoms with van der Waals surface area (Å²) in [5, 5.41) is 4.02. The lowest BCUT2D eigenvalue weighted by Gasteiger charge is -2.20. The summed E-state index contributed by atoms with van der Waals surface area (Å²) < 4.78 is 23.4. The van der Waals surface area contributed by atoms with Gasteiger partial charge in [0.15, 0.2) is 9.84 Å². The van der Waals surface area contributed by atoms with Crippen LogP contribution in [0.3, 0.4) is 0 Å². The summed E-state index contributed by atoms with van der Waals surface area (Å²) in [5.41, 5.74) is 1.82. The third-order valence-corrected chi connectivity index (χ3v) is 4.70. The zero-order valence-electron chi connectivity index (χ0n) is 12.0. The van der Waals surface area contributed by atoms with Gasteiger partial charge in [-0.05, 0) is 35.9 Å². The van der Waals surface area contributed by atoms with Crippen molar-refractivity contribution in [1.29, 1.82) is 0 Å². The van der Waals surface area contributed by atoms with Crippen LogP contribution in [0.25, 0.3) is 0 Å². The fraction of sp³-hybridized carbons (Fsp3) is 0.250. The largest absolute Gasteiger partial charge is 0.306 e. The predicted molar refractivity (Wildman–Crippen MR) is 86.5 cm³/mol. The minimum atomic E-state index is -3.23. The Bertz CT molecular complexity index is 729. The summed E-state index contributed by atoms with van der Waals surface area (Å²) in [7, 11) is -3.23. The van der Waals surface area contributed by atoms with Crippen LogP contribution in [-0.4, -0.2) is 21.2 Å². The van der Waals surface area contributed by atoms with Gasteiger partial charge in [0.2, 0.25) is 0 Å². The second-order valence-electron chi connectivity index (χ2n) is 4.86. The summed E-state index contributed by atoms with van der Waals surface area (Å²) in [5.74, 6) is 0. The minimum Gasteiger partial charge on any atom is -0.306 e. The molecule has 0 aromatic heterocycles. The molecule has 112 valence electrons. The molecule has 0 fully saturated rings. The molecule has 0 amide bonds. The Kier molecular flexibility index (Phi) is 5.04. The first-order valence-electron chi connectivity index (χ1n) is 6.71. The van der Waals surface area contributed by atoms with E-state index in [1.165, 1.54) is 6.26 Å². The van der Waals surface area contributed by atoms with Crippen LogP contribution in [-0.2, 0) is 9.84 Å². The maximum absolute atomic E-state index is 11.7. The molecule has 0 bridgehead atoms. The fourth-order valence-corrected chi connectivity index (χ4v) is 3.17. The lowest BCUT2D eigenvalue weighted by Crippen LogP contribution is -2.22. The first-order chi connectivity index (χ1) is 9.93. The van der Waals surface area contributed by atoms with Gasteiger partial charge < -0.3 is 5.32 Å². The van der Waals surface area contributed by atoms with E-state index >= 15 is 0 Å². The molecule has 0 aliphatic carbocycles. The highest BCUT2D eigenvalue weighted by Crippen LogP contribution is 2.29. The molecule has 21 heavy (non-hydrogen) atoms. The topological polar surface area (TPSA) is 46.2 Å². The quantitative estimate of drug-likeness (QED) is 0.916. The van der Waals surface area contributed by atoms with Gasteiger partial charge in [-0.1, -0.05) is 48.9 Å². The van der Waals surface area contributed by atoms with Crippen LogP contribution >= 0.6 is 11.6 Å². The average molecular weight is 324 g/mol. The normalized spacial score (nSPS) is 13.1. The van der Waals surface area contributed by atoms with Crippen molar-refractivity contribution in [1.82, 2.24) is 5.32 Å². The maximum Gasteiger partial charge on any atom is 0.175 e. The van der Waals surface area contributed by atoms with E-state index in [2.05, 4.69) is 5.32 Å². The monoisotopic (exact) mass is 323 g/mol. The first-order valence-corrected chi connectivity index (χ1v) is 8.98. The Morgan fingerprint density at radius 1 is 1.14 bits per heavy atom. The van der Waals surface area contributed by atoms with Gasteiger partial charge in [0, 0.05) is 11.3 Å². The Balaban J connectivity index is 2.51. The fourth-order valence-electron chi connectivity index (χ4n) is 2.25. The van der Waals surface area contributed by atoms with Gasteiger partial charge in [0.1, 0.15) is 0 Å². The number of halogens is 1. The third-order valence-electron chi connectivity index (χ3n) is 3.24. The molecule has 0 saturated carbocycles. The van der Waals surface area contributed by atoms with Gasteiger partial charge in [-0.3, -0.25) is 0 Å². The zero-order valence-corrected chi connectivity index (χ0v) is 13.6.